The van der Waals surface area contributed by atoms with E-state index in [9.17, 15) is 13.6 Å². The molecule has 4 aromatic rings. The van der Waals surface area contributed by atoms with Crippen LogP contribution in [0.2, 0.25) is 0 Å². The molecule has 0 aliphatic carbocycles. The van der Waals surface area contributed by atoms with E-state index in [-0.39, 0.29) is 38.3 Å². The number of carbonyl (C=O) groups is 1. The molecule has 4 rings (SSSR count). The third kappa shape index (κ3) is 4.73. The Morgan fingerprint density at radius 3 is 2.12 bits per heavy atom. The van der Waals surface area contributed by atoms with Crippen molar-refractivity contribution in [3.05, 3.63) is 118 Å². The van der Waals surface area contributed by atoms with E-state index in [1.165, 1.54) is 30.6 Å². The van der Waals surface area contributed by atoms with Crippen LogP contribution in [0.4, 0.5) is 8.78 Å². The molecule has 0 atom stereocenters. The van der Waals surface area contributed by atoms with Gasteiger partial charge in [0.15, 0.2) is 5.82 Å². The second kappa shape index (κ2) is 9.36. The van der Waals surface area contributed by atoms with Crippen LogP contribution in [0.3, 0.4) is 0 Å². The van der Waals surface area contributed by atoms with Crippen molar-refractivity contribution in [1.82, 2.24) is 14.8 Å². The SMILES string of the molecule is Cc1ccc(C)c(C(=O)c2ncnn2C[Si]C(c2ccc(F)cc2)c2ccc(F)cc2)c1. The normalized spacial score (nSPS) is 11.2. The molecular weight excluding hydrogens is 424 g/mol. The molecule has 0 bridgehead atoms. The first-order valence-electron chi connectivity index (χ1n) is 10.2. The van der Waals surface area contributed by atoms with Crippen LogP contribution >= 0.6 is 0 Å². The number of aromatic nitrogens is 3. The van der Waals surface area contributed by atoms with Crippen molar-refractivity contribution < 1.29 is 13.6 Å². The zero-order valence-electron chi connectivity index (χ0n) is 17.7. The third-order valence-corrected chi connectivity index (χ3v) is 6.87. The fraction of sp³-hybridized carbons (Fsp3) is 0.160. The molecule has 0 saturated carbocycles. The summed E-state index contributed by atoms with van der Waals surface area (Å²) in [5.74, 6) is -0.517. The van der Waals surface area contributed by atoms with Gasteiger partial charge in [-0.25, -0.2) is 18.4 Å². The number of hydrogen-bond donors (Lipinski definition) is 0. The number of carbonyl (C=O) groups excluding carboxylic acids is 1. The van der Waals surface area contributed by atoms with Crippen LogP contribution in [0, 0.1) is 25.5 Å². The minimum atomic E-state index is -0.312. The Hall–Kier alpha value is -3.45. The van der Waals surface area contributed by atoms with Gasteiger partial charge in [0.2, 0.25) is 5.78 Å². The fourth-order valence-corrected chi connectivity index (χ4v) is 5.02. The van der Waals surface area contributed by atoms with Gasteiger partial charge < -0.3 is 0 Å². The Balaban J connectivity index is 1.61. The standard InChI is InChI=1S/C25H21F2N3OSi/c1-16-3-4-17(2)22(13-16)23(31)25-28-14-29-30(25)15-32-24(18-5-9-20(26)10-6-18)19-7-11-21(27)12-8-19/h3-14,24H,15H2,1-2H3. The topological polar surface area (TPSA) is 47.8 Å². The highest BCUT2D eigenvalue weighted by molar-refractivity contribution is 6.37. The third-order valence-electron chi connectivity index (χ3n) is 5.31. The van der Waals surface area contributed by atoms with E-state index < -0.39 is 0 Å². The van der Waals surface area contributed by atoms with Gasteiger partial charge in [-0.05, 0) is 60.9 Å². The molecule has 160 valence electrons. The average Bonchev–Trinajstić information content (AvgIpc) is 3.26. The highest BCUT2D eigenvalue weighted by Gasteiger charge is 2.21. The monoisotopic (exact) mass is 445 g/mol. The highest BCUT2D eigenvalue weighted by Crippen LogP contribution is 2.25. The van der Waals surface area contributed by atoms with Crippen LogP contribution in [0.1, 0.15) is 44.0 Å². The maximum Gasteiger partial charge on any atom is 0.230 e. The first-order valence-corrected chi connectivity index (χ1v) is 11.4. The summed E-state index contributed by atoms with van der Waals surface area (Å²) >= 11 is 0. The van der Waals surface area contributed by atoms with Crippen LogP contribution in [-0.4, -0.2) is 30.1 Å². The van der Waals surface area contributed by atoms with Gasteiger partial charge in [0, 0.05) is 17.3 Å². The Labute approximate surface area is 187 Å². The molecule has 0 spiro atoms. The summed E-state index contributed by atoms with van der Waals surface area (Å²) in [6.07, 6.45) is 1.83. The molecule has 0 amide bonds. The predicted octanol–water partition coefficient (Wildman–Crippen LogP) is 4.86. The molecule has 1 heterocycles. The molecule has 4 nitrogen and oxygen atoms in total. The number of benzene rings is 3. The van der Waals surface area contributed by atoms with E-state index in [0.29, 0.717) is 11.7 Å². The second-order valence-electron chi connectivity index (χ2n) is 7.63. The minimum absolute atomic E-state index is 0.0935. The lowest BCUT2D eigenvalue weighted by atomic mass is 10.0. The van der Waals surface area contributed by atoms with E-state index in [2.05, 4.69) is 10.1 Å². The first-order chi connectivity index (χ1) is 15.4. The van der Waals surface area contributed by atoms with E-state index in [0.717, 1.165) is 22.3 Å². The molecule has 7 heteroatoms. The molecule has 0 N–H and O–H groups in total. The number of halogens is 2. The molecule has 0 fully saturated rings. The summed E-state index contributed by atoms with van der Waals surface area (Å²) < 4.78 is 28.6. The molecule has 1 aromatic heterocycles. The molecule has 0 aliphatic rings. The van der Waals surface area contributed by atoms with Crippen molar-refractivity contribution in [1.29, 1.82) is 0 Å². The van der Waals surface area contributed by atoms with Crippen molar-refractivity contribution in [2.75, 3.05) is 0 Å². The Morgan fingerprint density at radius 1 is 0.938 bits per heavy atom. The molecule has 32 heavy (non-hydrogen) atoms. The number of ketones is 1. The van der Waals surface area contributed by atoms with Gasteiger partial charge >= 0.3 is 0 Å². The lowest BCUT2D eigenvalue weighted by Gasteiger charge is -2.18. The van der Waals surface area contributed by atoms with Gasteiger partial charge in [-0.1, -0.05) is 42.0 Å². The first kappa shape index (κ1) is 21.8. The van der Waals surface area contributed by atoms with Crippen molar-refractivity contribution in [2.45, 2.75) is 25.6 Å². The highest BCUT2D eigenvalue weighted by atomic mass is 28.2. The van der Waals surface area contributed by atoms with E-state index in [1.807, 2.05) is 32.0 Å². The van der Waals surface area contributed by atoms with Crippen molar-refractivity contribution >= 4 is 15.3 Å². The van der Waals surface area contributed by atoms with Crippen LogP contribution in [-0.2, 0) is 6.17 Å². The van der Waals surface area contributed by atoms with Crippen LogP contribution in [0.15, 0.2) is 73.1 Å². The van der Waals surface area contributed by atoms with Crippen molar-refractivity contribution in [3.8, 4) is 0 Å². The Kier molecular flexibility index (Phi) is 6.37. The van der Waals surface area contributed by atoms with Crippen LogP contribution in [0.5, 0.6) is 0 Å². The summed E-state index contributed by atoms with van der Waals surface area (Å²) in [5.41, 5.74) is 4.23. The summed E-state index contributed by atoms with van der Waals surface area (Å²) in [7, 11) is 0.271. The molecular formula is C25H21F2N3OSi. The second-order valence-corrected chi connectivity index (χ2v) is 8.93. The van der Waals surface area contributed by atoms with E-state index >= 15 is 0 Å². The molecule has 0 aliphatic heterocycles. The molecule has 0 saturated heterocycles. The largest absolute Gasteiger partial charge is 0.285 e. The molecule has 3 aromatic carbocycles. The summed E-state index contributed by atoms with van der Waals surface area (Å²) in [6, 6.07) is 18.4. The van der Waals surface area contributed by atoms with Crippen molar-refractivity contribution in [2.24, 2.45) is 0 Å². The van der Waals surface area contributed by atoms with E-state index in [1.54, 1.807) is 28.9 Å². The Bertz CT molecular complexity index is 1190. The zero-order chi connectivity index (χ0) is 22.7. The van der Waals surface area contributed by atoms with Gasteiger partial charge in [-0.15, -0.1) is 0 Å². The zero-order valence-corrected chi connectivity index (χ0v) is 18.7. The van der Waals surface area contributed by atoms with Gasteiger partial charge in [0.1, 0.15) is 18.0 Å². The Morgan fingerprint density at radius 2 is 1.53 bits per heavy atom. The molecule has 0 unspecified atom stereocenters. The number of nitrogens with zero attached hydrogens (tertiary/aromatic N) is 3. The van der Waals surface area contributed by atoms with Crippen LogP contribution < -0.4 is 0 Å². The number of rotatable bonds is 7. The summed E-state index contributed by atoms with van der Waals surface area (Å²) in [4.78, 5) is 17.4. The van der Waals surface area contributed by atoms with Gasteiger partial charge in [0.05, 0.1) is 9.52 Å². The number of hydrogen-bond acceptors (Lipinski definition) is 3. The summed E-state index contributed by atoms with van der Waals surface area (Å²) in [6.45, 7) is 3.84. The molecule has 2 radical (unpaired) electrons. The van der Waals surface area contributed by atoms with Crippen molar-refractivity contribution in [3.63, 3.8) is 0 Å². The average molecular weight is 446 g/mol. The maximum absolute atomic E-state index is 13.5. The smallest absolute Gasteiger partial charge is 0.230 e. The maximum atomic E-state index is 13.5. The number of aryl methyl sites for hydroxylation is 2. The fourth-order valence-electron chi connectivity index (χ4n) is 3.57. The lowest BCUT2D eigenvalue weighted by molar-refractivity contribution is 0.102. The van der Waals surface area contributed by atoms with Gasteiger partial charge in [-0.2, -0.15) is 5.10 Å². The lowest BCUT2D eigenvalue weighted by Crippen LogP contribution is -2.21. The summed E-state index contributed by atoms with van der Waals surface area (Å²) in [5, 5.41) is 4.27. The van der Waals surface area contributed by atoms with E-state index in [4.69, 9.17) is 0 Å². The van der Waals surface area contributed by atoms with Gasteiger partial charge in [0.25, 0.3) is 0 Å². The minimum Gasteiger partial charge on any atom is -0.285 e. The van der Waals surface area contributed by atoms with Gasteiger partial charge in [-0.3, -0.25) is 4.79 Å². The quantitative estimate of drug-likeness (QED) is 0.302. The predicted molar refractivity (Wildman–Crippen MR) is 120 cm³/mol. The van der Waals surface area contributed by atoms with Crippen LogP contribution in [0.25, 0.3) is 0 Å².